The molecular formula is C19H16F6N2O4S2. The van der Waals surface area contributed by atoms with Crippen LogP contribution in [0.4, 0.5) is 26.3 Å². The maximum absolute atomic E-state index is 11.4. The van der Waals surface area contributed by atoms with Crippen LogP contribution in [0, 0.1) is 6.92 Å². The molecule has 0 spiro atoms. The van der Waals surface area contributed by atoms with Crippen LogP contribution in [0.25, 0.3) is 15.0 Å². The van der Waals surface area contributed by atoms with Crippen LogP contribution in [0.2, 0.25) is 0 Å². The summed E-state index contributed by atoms with van der Waals surface area (Å²) < 4.78 is 111. The average Bonchev–Trinajstić information content (AvgIpc) is 2.67. The molecule has 6 nitrogen and oxygen atoms in total. The number of halogens is 6. The lowest BCUT2D eigenvalue weighted by Gasteiger charge is -2.22. The summed E-state index contributed by atoms with van der Waals surface area (Å²) in [7, 11) is -13.4. The summed E-state index contributed by atoms with van der Waals surface area (Å²) in [5.74, 6) is 0. The largest absolute Gasteiger partial charge is 0.480 e. The standard InChI is InChI=1S/C17H16N.C2F6NO4S2/c1-14-9-10-17-16(12-14)8-5-11-18(17)13-15-6-3-2-4-7-15;3-1(4,5)14(10,11)9-15(12,13)2(6,7)8/h2-12H,13H2,1H3;/q+1;-1. The predicted octanol–water partition coefficient (Wildman–Crippen LogP) is 4.54. The van der Waals surface area contributed by atoms with Gasteiger partial charge in [-0.05, 0) is 19.1 Å². The summed E-state index contributed by atoms with van der Waals surface area (Å²) in [6.45, 7) is 3.05. The van der Waals surface area contributed by atoms with Crippen LogP contribution in [-0.4, -0.2) is 27.9 Å². The fourth-order valence-corrected chi connectivity index (χ4v) is 4.24. The molecule has 0 radical (unpaired) electrons. The van der Waals surface area contributed by atoms with Gasteiger partial charge in [0.2, 0.25) is 5.52 Å². The lowest BCUT2D eigenvalue weighted by atomic mass is 10.1. The van der Waals surface area contributed by atoms with Gasteiger partial charge in [0.15, 0.2) is 32.8 Å². The number of aryl methyl sites for hydroxylation is 1. The molecule has 1 aromatic heterocycles. The Morgan fingerprint density at radius 3 is 1.85 bits per heavy atom. The van der Waals surface area contributed by atoms with Gasteiger partial charge in [-0.3, -0.25) is 0 Å². The fraction of sp³-hybridized carbons (Fsp3) is 0.211. The van der Waals surface area contributed by atoms with Crippen LogP contribution in [0.1, 0.15) is 11.1 Å². The van der Waals surface area contributed by atoms with Crippen molar-refractivity contribution in [2.45, 2.75) is 24.5 Å². The number of fused-ring (bicyclic) bond motifs is 1. The van der Waals surface area contributed by atoms with E-state index in [9.17, 15) is 43.2 Å². The normalized spacial score (nSPS) is 12.8. The first kappa shape index (κ1) is 26.5. The number of rotatable bonds is 4. The predicted molar refractivity (Wildman–Crippen MR) is 108 cm³/mol. The van der Waals surface area contributed by atoms with Gasteiger partial charge in [0.1, 0.15) is 0 Å². The van der Waals surface area contributed by atoms with Crippen LogP contribution in [0.5, 0.6) is 0 Å². The molecule has 0 bridgehead atoms. The van der Waals surface area contributed by atoms with E-state index in [0.29, 0.717) is 0 Å². The molecule has 33 heavy (non-hydrogen) atoms. The van der Waals surface area contributed by atoms with E-state index in [1.807, 2.05) is 0 Å². The fourth-order valence-electron chi connectivity index (χ4n) is 2.53. The Labute approximate surface area is 185 Å². The second-order valence-electron chi connectivity index (χ2n) is 6.60. The lowest BCUT2D eigenvalue weighted by Crippen LogP contribution is -2.34. The topological polar surface area (TPSA) is 86.3 Å². The Balaban J connectivity index is 0.000000239. The van der Waals surface area contributed by atoms with Crippen molar-refractivity contribution < 1.29 is 47.7 Å². The number of benzene rings is 2. The van der Waals surface area contributed by atoms with E-state index in [0.717, 1.165) is 10.7 Å². The molecule has 0 N–H and O–H groups in total. The SMILES string of the molecule is Cc1ccc2c(ccc[n+]2Cc2ccccc2)c1.O=S(=O)([N-]S(=O)(=O)C(F)(F)F)C(F)(F)F. The molecule has 0 saturated carbocycles. The van der Waals surface area contributed by atoms with Crippen molar-refractivity contribution in [2.75, 3.05) is 0 Å². The van der Waals surface area contributed by atoms with Crippen LogP contribution in [-0.2, 0) is 26.6 Å². The van der Waals surface area contributed by atoms with E-state index >= 15 is 0 Å². The highest BCUT2D eigenvalue weighted by Gasteiger charge is 2.46. The highest BCUT2D eigenvalue weighted by molar-refractivity contribution is 8.13. The molecular weight excluding hydrogens is 498 g/mol. The summed E-state index contributed by atoms with van der Waals surface area (Å²) in [5, 5.41) is 1.30. The zero-order valence-electron chi connectivity index (χ0n) is 16.7. The van der Waals surface area contributed by atoms with Crippen LogP contribution in [0.15, 0.2) is 66.9 Å². The van der Waals surface area contributed by atoms with E-state index < -0.39 is 31.1 Å². The molecule has 0 aliphatic rings. The highest BCUT2D eigenvalue weighted by atomic mass is 32.3. The molecule has 14 heteroatoms. The Morgan fingerprint density at radius 1 is 0.788 bits per heavy atom. The number of hydrogen-bond acceptors (Lipinski definition) is 4. The summed E-state index contributed by atoms with van der Waals surface area (Å²) in [6, 6.07) is 21.5. The van der Waals surface area contributed by atoms with Gasteiger partial charge in [-0.15, -0.1) is 0 Å². The molecule has 0 aliphatic heterocycles. The van der Waals surface area contributed by atoms with Gasteiger partial charge in [0, 0.05) is 23.1 Å². The molecule has 180 valence electrons. The van der Waals surface area contributed by atoms with Gasteiger partial charge in [-0.1, -0.05) is 42.0 Å². The van der Waals surface area contributed by atoms with E-state index in [-0.39, 0.29) is 0 Å². The van der Waals surface area contributed by atoms with E-state index in [1.54, 1.807) is 0 Å². The smallest absolute Gasteiger partial charge is 0.421 e. The van der Waals surface area contributed by atoms with Crippen molar-refractivity contribution in [3.05, 3.63) is 82.1 Å². The molecule has 0 saturated heterocycles. The molecule has 0 amide bonds. The summed E-state index contributed by atoms with van der Waals surface area (Å²) in [4.78, 5) is 0. The Morgan fingerprint density at radius 2 is 1.33 bits per heavy atom. The molecule has 3 rings (SSSR count). The van der Waals surface area contributed by atoms with E-state index in [1.165, 1.54) is 22.0 Å². The summed E-state index contributed by atoms with van der Waals surface area (Å²) >= 11 is 0. The first-order valence-corrected chi connectivity index (χ1v) is 11.7. The minimum Gasteiger partial charge on any atom is -0.421 e. The molecule has 2 aromatic carbocycles. The minimum atomic E-state index is -6.72. The molecule has 0 fully saturated rings. The van der Waals surface area contributed by atoms with Gasteiger partial charge in [0.25, 0.3) is 0 Å². The zero-order valence-corrected chi connectivity index (χ0v) is 18.3. The Bertz CT molecular complexity index is 1280. The van der Waals surface area contributed by atoms with Crippen LogP contribution >= 0.6 is 0 Å². The molecule has 0 atom stereocenters. The van der Waals surface area contributed by atoms with E-state index in [4.69, 9.17) is 0 Å². The average molecular weight is 514 g/mol. The van der Waals surface area contributed by atoms with Gasteiger partial charge >= 0.3 is 11.0 Å². The first-order valence-electron chi connectivity index (χ1n) is 8.83. The van der Waals surface area contributed by atoms with Gasteiger partial charge < -0.3 is 4.13 Å². The maximum atomic E-state index is 11.4. The first-order chi connectivity index (χ1) is 15.0. The number of sulfonamides is 2. The van der Waals surface area contributed by atoms with Crippen molar-refractivity contribution in [3.8, 4) is 0 Å². The van der Waals surface area contributed by atoms with E-state index in [2.05, 4.69) is 78.4 Å². The van der Waals surface area contributed by atoms with Crippen LogP contribution < -0.4 is 4.57 Å². The van der Waals surface area contributed by atoms with Crippen molar-refractivity contribution in [1.82, 2.24) is 0 Å². The number of pyridine rings is 1. The van der Waals surface area contributed by atoms with Crippen molar-refractivity contribution in [1.29, 1.82) is 0 Å². The quantitative estimate of drug-likeness (QED) is 0.378. The summed E-state index contributed by atoms with van der Waals surface area (Å²) in [5.41, 5.74) is -8.49. The number of aromatic nitrogens is 1. The minimum absolute atomic E-state index is 0.778. The second kappa shape index (κ2) is 9.65. The highest BCUT2D eigenvalue weighted by Crippen LogP contribution is 2.36. The van der Waals surface area contributed by atoms with Gasteiger partial charge in [-0.2, -0.15) is 30.9 Å². The Kier molecular flexibility index (Phi) is 7.76. The second-order valence-corrected chi connectivity index (χ2v) is 10.0. The third-order valence-electron chi connectivity index (χ3n) is 4.01. The number of alkyl halides is 6. The maximum Gasteiger partial charge on any atom is 0.480 e. The van der Waals surface area contributed by atoms with Crippen molar-refractivity contribution >= 4 is 30.9 Å². The monoisotopic (exact) mass is 514 g/mol. The third-order valence-corrected chi connectivity index (χ3v) is 6.75. The van der Waals surface area contributed by atoms with Crippen molar-refractivity contribution in [2.24, 2.45) is 0 Å². The molecule has 0 unspecified atom stereocenters. The van der Waals surface area contributed by atoms with Gasteiger partial charge in [-0.25, -0.2) is 16.8 Å². The lowest BCUT2D eigenvalue weighted by molar-refractivity contribution is -0.662. The molecule has 3 aromatic rings. The number of hydrogen-bond donors (Lipinski definition) is 0. The molecule has 0 aliphatic carbocycles. The number of nitrogens with zero attached hydrogens (tertiary/aromatic N) is 2. The van der Waals surface area contributed by atoms with Crippen molar-refractivity contribution in [3.63, 3.8) is 0 Å². The Hall–Kier alpha value is -2.71. The summed E-state index contributed by atoms with van der Waals surface area (Å²) in [6.07, 6.45) is 2.14. The van der Waals surface area contributed by atoms with Gasteiger partial charge in [0.05, 0.1) is 0 Å². The third kappa shape index (κ3) is 6.88. The zero-order chi connectivity index (χ0) is 25.1. The van der Waals surface area contributed by atoms with Crippen LogP contribution in [0.3, 0.4) is 0 Å². The molecule has 1 heterocycles.